The highest BCUT2D eigenvalue weighted by molar-refractivity contribution is 5.46. The SMILES string of the molecule is N#Cc1ccc(N2CCC(O)C2)cn1. The zero-order valence-electron chi connectivity index (χ0n) is 7.72. The molecule has 1 aromatic rings. The number of aromatic nitrogens is 1. The minimum absolute atomic E-state index is 0.231. The number of hydrogen-bond donors (Lipinski definition) is 1. The first-order valence-corrected chi connectivity index (χ1v) is 4.59. The van der Waals surface area contributed by atoms with Gasteiger partial charge in [-0.15, -0.1) is 0 Å². The molecule has 72 valence electrons. The Morgan fingerprint density at radius 2 is 2.43 bits per heavy atom. The van der Waals surface area contributed by atoms with E-state index in [4.69, 9.17) is 5.26 Å². The van der Waals surface area contributed by atoms with E-state index in [-0.39, 0.29) is 6.10 Å². The molecule has 0 radical (unpaired) electrons. The van der Waals surface area contributed by atoms with Crippen LogP contribution in [0, 0.1) is 11.3 Å². The Balaban J connectivity index is 2.14. The van der Waals surface area contributed by atoms with Gasteiger partial charge in [-0.2, -0.15) is 5.26 Å². The van der Waals surface area contributed by atoms with Crippen molar-refractivity contribution in [2.24, 2.45) is 0 Å². The smallest absolute Gasteiger partial charge is 0.140 e. The monoisotopic (exact) mass is 189 g/mol. The molecule has 1 unspecified atom stereocenters. The lowest BCUT2D eigenvalue weighted by Gasteiger charge is -2.16. The molecule has 0 spiro atoms. The number of hydrogen-bond acceptors (Lipinski definition) is 4. The van der Waals surface area contributed by atoms with Crippen molar-refractivity contribution in [2.45, 2.75) is 12.5 Å². The first-order valence-electron chi connectivity index (χ1n) is 4.59. The van der Waals surface area contributed by atoms with Gasteiger partial charge in [0.25, 0.3) is 0 Å². The summed E-state index contributed by atoms with van der Waals surface area (Å²) in [5.41, 5.74) is 1.40. The Kier molecular flexibility index (Phi) is 2.33. The molecule has 4 nitrogen and oxygen atoms in total. The second kappa shape index (κ2) is 3.64. The van der Waals surface area contributed by atoms with Gasteiger partial charge < -0.3 is 10.0 Å². The number of nitrogens with zero attached hydrogens (tertiary/aromatic N) is 3. The van der Waals surface area contributed by atoms with Crippen LogP contribution in [0.2, 0.25) is 0 Å². The van der Waals surface area contributed by atoms with Crippen molar-refractivity contribution in [1.29, 1.82) is 5.26 Å². The average molecular weight is 189 g/mol. The first kappa shape index (κ1) is 8.97. The number of β-amino-alcohol motifs (C(OH)–C–C–N with tert-alkyl or cyclic N) is 1. The van der Waals surface area contributed by atoms with Crippen LogP contribution in [0.4, 0.5) is 5.69 Å². The van der Waals surface area contributed by atoms with Gasteiger partial charge in [0.05, 0.1) is 18.0 Å². The largest absolute Gasteiger partial charge is 0.391 e. The van der Waals surface area contributed by atoms with Gasteiger partial charge in [0, 0.05) is 13.1 Å². The normalized spacial score (nSPS) is 20.9. The van der Waals surface area contributed by atoms with Crippen molar-refractivity contribution in [1.82, 2.24) is 4.98 Å². The second-order valence-electron chi connectivity index (χ2n) is 3.40. The highest BCUT2D eigenvalue weighted by atomic mass is 16.3. The quantitative estimate of drug-likeness (QED) is 0.699. The highest BCUT2D eigenvalue weighted by Crippen LogP contribution is 2.19. The van der Waals surface area contributed by atoms with E-state index in [0.717, 1.165) is 18.7 Å². The number of aliphatic hydroxyl groups is 1. The molecular formula is C10H11N3O. The molecule has 0 aromatic carbocycles. The summed E-state index contributed by atoms with van der Waals surface area (Å²) in [4.78, 5) is 6.05. The van der Waals surface area contributed by atoms with Crippen LogP contribution in [-0.4, -0.2) is 29.3 Å². The molecule has 1 aromatic heterocycles. The molecule has 1 N–H and O–H groups in total. The number of aliphatic hydroxyl groups excluding tert-OH is 1. The zero-order valence-corrected chi connectivity index (χ0v) is 7.72. The Hall–Kier alpha value is -1.60. The molecule has 1 saturated heterocycles. The molecule has 1 aliphatic rings. The lowest BCUT2D eigenvalue weighted by molar-refractivity contribution is 0.198. The van der Waals surface area contributed by atoms with E-state index in [9.17, 15) is 5.11 Å². The van der Waals surface area contributed by atoms with E-state index in [1.807, 2.05) is 12.1 Å². The van der Waals surface area contributed by atoms with E-state index in [2.05, 4.69) is 9.88 Å². The zero-order chi connectivity index (χ0) is 9.97. The summed E-state index contributed by atoms with van der Waals surface area (Å²) in [5.74, 6) is 0. The minimum Gasteiger partial charge on any atom is -0.391 e. The number of anilines is 1. The fourth-order valence-electron chi connectivity index (χ4n) is 1.62. The van der Waals surface area contributed by atoms with Gasteiger partial charge in [-0.3, -0.25) is 0 Å². The predicted octanol–water partition coefficient (Wildman–Crippen LogP) is 0.524. The fourth-order valence-corrected chi connectivity index (χ4v) is 1.62. The Bertz CT molecular complexity index is 355. The fraction of sp³-hybridized carbons (Fsp3) is 0.400. The van der Waals surface area contributed by atoms with Crippen LogP contribution in [0.1, 0.15) is 12.1 Å². The van der Waals surface area contributed by atoms with Gasteiger partial charge in [0.1, 0.15) is 11.8 Å². The molecular weight excluding hydrogens is 178 g/mol. The molecule has 4 heteroatoms. The molecule has 2 heterocycles. The maximum absolute atomic E-state index is 9.35. The van der Waals surface area contributed by atoms with E-state index < -0.39 is 0 Å². The van der Waals surface area contributed by atoms with Gasteiger partial charge in [0.15, 0.2) is 0 Å². The van der Waals surface area contributed by atoms with Gasteiger partial charge in [-0.25, -0.2) is 4.98 Å². The predicted molar refractivity (Wildman–Crippen MR) is 51.8 cm³/mol. The van der Waals surface area contributed by atoms with Crippen molar-refractivity contribution in [3.05, 3.63) is 24.0 Å². The average Bonchev–Trinajstić information content (AvgIpc) is 2.65. The van der Waals surface area contributed by atoms with E-state index >= 15 is 0 Å². The number of pyridine rings is 1. The molecule has 14 heavy (non-hydrogen) atoms. The molecule has 0 amide bonds. The van der Waals surface area contributed by atoms with Crippen LogP contribution in [0.5, 0.6) is 0 Å². The molecule has 1 aliphatic heterocycles. The van der Waals surface area contributed by atoms with E-state index in [1.165, 1.54) is 0 Å². The highest BCUT2D eigenvalue weighted by Gasteiger charge is 2.20. The van der Waals surface area contributed by atoms with E-state index in [0.29, 0.717) is 12.2 Å². The van der Waals surface area contributed by atoms with Crippen molar-refractivity contribution >= 4 is 5.69 Å². The van der Waals surface area contributed by atoms with Crippen molar-refractivity contribution in [3.8, 4) is 6.07 Å². The Morgan fingerprint density at radius 1 is 1.57 bits per heavy atom. The molecule has 0 saturated carbocycles. The van der Waals surface area contributed by atoms with Crippen LogP contribution >= 0.6 is 0 Å². The van der Waals surface area contributed by atoms with E-state index in [1.54, 1.807) is 12.3 Å². The van der Waals surface area contributed by atoms with Crippen molar-refractivity contribution in [3.63, 3.8) is 0 Å². The van der Waals surface area contributed by atoms with Crippen LogP contribution < -0.4 is 4.90 Å². The third kappa shape index (κ3) is 1.68. The topological polar surface area (TPSA) is 60.2 Å². The van der Waals surface area contributed by atoms with Crippen LogP contribution in [0.15, 0.2) is 18.3 Å². The van der Waals surface area contributed by atoms with Gasteiger partial charge in [-0.1, -0.05) is 0 Å². The molecule has 1 atom stereocenters. The standard InChI is InChI=1S/C10H11N3O/c11-5-8-1-2-9(6-12-8)13-4-3-10(14)7-13/h1-2,6,10,14H,3-4,7H2. The second-order valence-corrected chi connectivity index (χ2v) is 3.40. The summed E-state index contributed by atoms with van der Waals surface area (Å²) >= 11 is 0. The van der Waals surface area contributed by atoms with Gasteiger partial charge in [0.2, 0.25) is 0 Å². The lowest BCUT2D eigenvalue weighted by atomic mass is 10.3. The van der Waals surface area contributed by atoms with Crippen LogP contribution in [0.25, 0.3) is 0 Å². The molecule has 2 rings (SSSR count). The van der Waals surface area contributed by atoms with Crippen LogP contribution in [0.3, 0.4) is 0 Å². The third-order valence-electron chi connectivity index (χ3n) is 2.39. The maximum atomic E-state index is 9.35. The Labute approximate surface area is 82.4 Å². The number of nitriles is 1. The summed E-state index contributed by atoms with van der Waals surface area (Å²) < 4.78 is 0. The lowest BCUT2D eigenvalue weighted by Crippen LogP contribution is -2.21. The van der Waals surface area contributed by atoms with Gasteiger partial charge in [-0.05, 0) is 18.6 Å². The van der Waals surface area contributed by atoms with Crippen molar-refractivity contribution < 1.29 is 5.11 Å². The number of rotatable bonds is 1. The minimum atomic E-state index is -0.231. The summed E-state index contributed by atoms with van der Waals surface area (Å²) in [6.07, 6.45) is 2.25. The summed E-state index contributed by atoms with van der Waals surface area (Å²) in [6.45, 7) is 1.52. The van der Waals surface area contributed by atoms with Crippen LogP contribution in [-0.2, 0) is 0 Å². The third-order valence-corrected chi connectivity index (χ3v) is 2.39. The van der Waals surface area contributed by atoms with Gasteiger partial charge >= 0.3 is 0 Å². The Morgan fingerprint density at radius 3 is 2.93 bits per heavy atom. The molecule has 0 aliphatic carbocycles. The summed E-state index contributed by atoms with van der Waals surface area (Å²) in [6, 6.07) is 5.53. The van der Waals surface area contributed by atoms with Crippen molar-refractivity contribution in [2.75, 3.05) is 18.0 Å². The maximum Gasteiger partial charge on any atom is 0.140 e. The first-order chi connectivity index (χ1) is 6.79. The summed E-state index contributed by atoms with van der Waals surface area (Å²) in [7, 11) is 0. The molecule has 1 fully saturated rings. The summed E-state index contributed by atoms with van der Waals surface area (Å²) in [5, 5.41) is 17.9. The molecule has 0 bridgehead atoms.